The number of nitrogens with zero attached hydrogens (tertiary/aromatic N) is 1. The van der Waals surface area contributed by atoms with E-state index in [-0.39, 0.29) is 0 Å². The summed E-state index contributed by atoms with van der Waals surface area (Å²) in [7, 11) is 0. The van der Waals surface area contributed by atoms with Gasteiger partial charge < -0.3 is 0 Å². The summed E-state index contributed by atoms with van der Waals surface area (Å²) < 4.78 is 0. The van der Waals surface area contributed by atoms with Crippen LogP contribution in [0.25, 0.3) is 0 Å². The largest absolute Gasteiger partial charge is 0.288 e. The van der Waals surface area contributed by atoms with Gasteiger partial charge in [0.05, 0.1) is 4.87 Å². The van der Waals surface area contributed by atoms with Crippen LogP contribution in [0, 0.1) is 0 Å². The fraction of sp³-hybridized carbons (Fsp3) is 1.00. The Bertz CT molecular complexity index is 152. The van der Waals surface area contributed by atoms with Gasteiger partial charge in [0, 0.05) is 12.3 Å². The Hall–Kier alpha value is 0.310. The molecule has 0 aromatic carbocycles. The maximum atomic E-state index is 2.71. The molecule has 0 bridgehead atoms. The molecule has 1 aliphatic carbocycles. The molecule has 0 N–H and O–H groups in total. The van der Waals surface area contributed by atoms with E-state index in [1.165, 1.54) is 50.9 Å². The lowest BCUT2D eigenvalue weighted by Gasteiger charge is -2.40. The predicted octanol–water partition coefficient (Wildman–Crippen LogP) is 2.72. The fourth-order valence-corrected chi connectivity index (χ4v) is 4.32. The van der Waals surface area contributed by atoms with Crippen LogP contribution in [0.3, 0.4) is 0 Å². The van der Waals surface area contributed by atoms with E-state index >= 15 is 0 Å². The molecule has 1 heterocycles. The smallest absolute Gasteiger partial charge is 0.0670 e. The van der Waals surface area contributed by atoms with Crippen LogP contribution in [0.2, 0.25) is 0 Å². The first-order valence-electron chi connectivity index (χ1n) is 5.26. The molecule has 2 aliphatic rings. The Labute approximate surface area is 79.9 Å². The predicted molar refractivity (Wildman–Crippen MR) is 55.5 cm³/mol. The Kier molecular flexibility index (Phi) is 2.66. The van der Waals surface area contributed by atoms with E-state index < -0.39 is 0 Å². The van der Waals surface area contributed by atoms with Gasteiger partial charge in [-0.05, 0) is 19.4 Å². The highest BCUT2D eigenvalue weighted by Crippen LogP contribution is 2.46. The highest BCUT2D eigenvalue weighted by molar-refractivity contribution is 8.00. The Morgan fingerprint density at radius 3 is 2.67 bits per heavy atom. The van der Waals surface area contributed by atoms with Gasteiger partial charge in [-0.2, -0.15) is 0 Å². The van der Waals surface area contributed by atoms with Crippen LogP contribution in [-0.4, -0.2) is 28.6 Å². The summed E-state index contributed by atoms with van der Waals surface area (Å²) in [5.74, 6) is 1.37. The standard InChI is InChI=1S/C10H19NS/c1-2-11-8-9-12-10(11)6-4-3-5-7-10/h2-9H2,1H3. The van der Waals surface area contributed by atoms with Gasteiger partial charge in [-0.25, -0.2) is 0 Å². The van der Waals surface area contributed by atoms with Crippen molar-refractivity contribution in [2.24, 2.45) is 0 Å². The minimum absolute atomic E-state index is 0.590. The van der Waals surface area contributed by atoms with Crippen LogP contribution in [-0.2, 0) is 0 Å². The van der Waals surface area contributed by atoms with Crippen LogP contribution < -0.4 is 0 Å². The third kappa shape index (κ3) is 1.39. The van der Waals surface area contributed by atoms with Crippen LogP contribution in [0.15, 0.2) is 0 Å². The summed E-state index contributed by atoms with van der Waals surface area (Å²) >= 11 is 2.22. The molecule has 1 saturated carbocycles. The SMILES string of the molecule is CCN1CCSC12CCCCC2. The molecule has 1 spiro atoms. The first-order valence-corrected chi connectivity index (χ1v) is 6.25. The van der Waals surface area contributed by atoms with Crippen molar-refractivity contribution in [2.75, 3.05) is 18.8 Å². The summed E-state index contributed by atoms with van der Waals surface area (Å²) in [4.78, 5) is 3.30. The Morgan fingerprint density at radius 2 is 2.00 bits per heavy atom. The molecule has 0 atom stereocenters. The summed E-state index contributed by atoms with van der Waals surface area (Å²) in [5, 5.41) is 0. The summed E-state index contributed by atoms with van der Waals surface area (Å²) in [6.45, 7) is 4.90. The summed E-state index contributed by atoms with van der Waals surface area (Å²) in [6, 6.07) is 0. The van der Waals surface area contributed by atoms with Crippen molar-refractivity contribution in [2.45, 2.75) is 43.9 Å². The number of thioether (sulfide) groups is 1. The molecule has 2 heteroatoms. The number of hydrogen-bond acceptors (Lipinski definition) is 2. The lowest BCUT2D eigenvalue weighted by molar-refractivity contribution is 0.157. The molecular weight excluding hydrogens is 166 g/mol. The van der Waals surface area contributed by atoms with Crippen molar-refractivity contribution < 1.29 is 0 Å². The van der Waals surface area contributed by atoms with Crippen LogP contribution in [0.5, 0.6) is 0 Å². The molecule has 1 nitrogen and oxygen atoms in total. The van der Waals surface area contributed by atoms with Crippen molar-refractivity contribution in [3.8, 4) is 0 Å². The highest BCUT2D eigenvalue weighted by Gasteiger charge is 2.41. The maximum absolute atomic E-state index is 2.71. The summed E-state index contributed by atoms with van der Waals surface area (Å²) in [5.41, 5.74) is 0. The second-order valence-electron chi connectivity index (χ2n) is 3.93. The molecule has 0 radical (unpaired) electrons. The van der Waals surface area contributed by atoms with E-state index in [0.29, 0.717) is 4.87 Å². The van der Waals surface area contributed by atoms with E-state index in [1.54, 1.807) is 0 Å². The van der Waals surface area contributed by atoms with Gasteiger partial charge in [-0.3, -0.25) is 4.90 Å². The molecule has 2 rings (SSSR count). The zero-order valence-electron chi connectivity index (χ0n) is 8.01. The van der Waals surface area contributed by atoms with Gasteiger partial charge in [-0.1, -0.05) is 26.2 Å². The van der Waals surface area contributed by atoms with Gasteiger partial charge in [0.15, 0.2) is 0 Å². The van der Waals surface area contributed by atoms with Gasteiger partial charge in [0.25, 0.3) is 0 Å². The molecule has 70 valence electrons. The van der Waals surface area contributed by atoms with E-state index in [1.807, 2.05) is 0 Å². The molecule has 2 fully saturated rings. The third-order valence-electron chi connectivity index (χ3n) is 3.32. The van der Waals surface area contributed by atoms with E-state index in [2.05, 4.69) is 23.6 Å². The van der Waals surface area contributed by atoms with Gasteiger partial charge >= 0.3 is 0 Å². The van der Waals surface area contributed by atoms with Crippen LogP contribution in [0.4, 0.5) is 0 Å². The minimum atomic E-state index is 0.590. The molecule has 12 heavy (non-hydrogen) atoms. The van der Waals surface area contributed by atoms with E-state index in [4.69, 9.17) is 0 Å². The first-order chi connectivity index (χ1) is 5.87. The zero-order chi connectivity index (χ0) is 8.44. The third-order valence-corrected chi connectivity index (χ3v) is 4.92. The molecule has 1 aliphatic heterocycles. The van der Waals surface area contributed by atoms with Gasteiger partial charge in [0.2, 0.25) is 0 Å². The van der Waals surface area contributed by atoms with Crippen molar-refractivity contribution in [3.05, 3.63) is 0 Å². The highest BCUT2D eigenvalue weighted by atomic mass is 32.2. The number of rotatable bonds is 1. The van der Waals surface area contributed by atoms with Crippen molar-refractivity contribution in [1.82, 2.24) is 4.90 Å². The fourth-order valence-electron chi connectivity index (χ4n) is 2.65. The second-order valence-corrected chi connectivity index (χ2v) is 5.39. The Balaban J connectivity index is 2.05. The summed E-state index contributed by atoms with van der Waals surface area (Å²) in [6.07, 6.45) is 7.30. The molecule has 0 unspecified atom stereocenters. The molecule has 0 amide bonds. The van der Waals surface area contributed by atoms with Crippen molar-refractivity contribution >= 4 is 11.8 Å². The maximum Gasteiger partial charge on any atom is 0.0670 e. The number of hydrogen-bond donors (Lipinski definition) is 0. The Morgan fingerprint density at radius 1 is 1.25 bits per heavy atom. The van der Waals surface area contributed by atoms with Crippen molar-refractivity contribution in [1.29, 1.82) is 0 Å². The van der Waals surface area contributed by atoms with Gasteiger partial charge in [0.1, 0.15) is 0 Å². The first kappa shape index (κ1) is 8.89. The lowest BCUT2D eigenvalue weighted by Crippen LogP contribution is -2.43. The quantitative estimate of drug-likeness (QED) is 0.618. The topological polar surface area (TPSA) is 3.24 Å². The average Bonchev–Trinajstić information content (AvgIpc) is 2.49. The molecule has 0 aromatic heterocycles. The normalized spacial score (nSPS) is 29.8. The average molecular weight is 185 g/mol. The monoisotopic (exact) mass is 185 g/mol. The second kappa shape index (κ2) is 3.59. The molecule has 0 aromatic rings. The lowest BCUT2D eigenvalue weighted by atomic mass is 9.93. The van der Waals surface area contributed by atoms with Crippen molar-refractivity contribution in [3.63, 3.8) is 0 Å². The van der Waals surface area contributed by atoms with Crippen LogP contribution >= 0.6 is 11.8 Å². The van der Waals surface area contributed by atoms with E-state index in [9.17, 15) is 0 Å². The zero-order valence-corrected chi connectivity index (χ0v) is 8.83. The van der Waals surface area contributed by atoms with Crippen LogP contribution in [0.1, 0.15) is 39.0 Å². The van der Waals surface area contributed by atoms with Gasteiger partial charge in [-0.15, -0.1) is 11.8 Å². The van der Waals surface area contributed by atoms with E-state index in [0.717, 1.165) is 0 Å². The molecular formula is C10H19NS. The molecule has 1 saturated heterocycles. The minimum Gasteiger partial charge on any atom is -0.288 e.